The molecule has 0 saturated carbocycles. The van der Waals surface area contributed by atoms with Gasteiger partial charge in [0, 0.05) is 10.9 Å². The van der Waals surface area contributed by atoms with Crippen molar-refractivity contribution in [2.75, 3.05) is 0 Å². The van der Waals surface area contributed by atoms with Gasteiger partial charge in [-0.25, -0.2) is 4.98 Å². The van der Waals surface area contributed by atoms with Crippen LogP contribution in [0, 0.1) is 0 Å². The van der Waals surface area contributed by atoms with Crippen LogP contribution in [-0.4, -0.2) is 4.98 Å². The van der Waals surface area contributed by atoms with Crippen LogP contribution < -0.4 is 0 Å². The van der Waals surface area contributed by atoms with E-state index in [1.54, 1.807) is 0 Å². The monoisotopic (exact) mass is 673 g/mol. The highest BCUT2D eigenvalue weighted by atomic mass is 16.3. The predicted octanol–water partition coefficient (Wildman–Crippen LogP) is 14.3. The van der Waals surface area contributed by atoms with Crippen LogP contribution in [0.4, 0.5) is 0 Å². The van der Waals surface area contributed by atoms with Gasteiger partial charge >= 0.3 is 0 Å². The highest BCUT2D eigenvalue weighted by Gasteiger charge is 2.20. The van der Waals surface area contributed by atoms with Crippen LogP contribution in [0.5, 0.6) is 0 Å². The molecular formula is C51H31NO. The average Bonchev–Trinajstić information content (AvgIpc) is 3.68. The molecule has 0 atom stereocenters. The zero-order chi connectivity index (χ0) is 34.9. The summed E-state index contributed by atoms with van der Waals surface area (Å²) in [6.45, 7) is 0. The highest BCUT2D eigenvalue weighted by molar-refractivity contribution is 6.25. The standard InChI is InChI=1S/C51H31NO/c1-3-13-32(14-4-1)38-29-36-17-7-8-18-39(36)45(31-38)49-42-21-11-9-19-40(42)47(41-20-10-12-22-43(41)49)37-26-24-33-23-25-34-27-28-46-50(48(34)44(33)30-37)53-51(52-46)35-15-5-2-6-16-35/h1-31H. The number of rotatable bonds is 4. The first kappa shape index (κ1) is 29.7. The second-order valence-corrected chi connectivity index (χ2v) is 13.9. The summed E-state index contributed by atoms with van der Waals surface area (Å²) in [6.07, 6.45) is 0. The summed E-state index contributed by atoms with van der Waals surface area (Å²) in [7, 11) is 0. The van der Waals surface area contributed by atoms with Crippen LogP contribution in [0.15, 0.2) is 192 Å². The lowest BCUT2D eigenvalue weighted by atomic mass is 9.83. The maximum Gasteiger partial charge on any atom is 0.227 e. The van der Waals surface area contributed by atoms with E-state index in [0.29, 0.717) is 5.89 Å². The normalized spacial score (nSPS) is 11.8. The molecule has 11 aromatic rings. The Morgan fingerprint density at radius 1 is 0.340 bits per heavy atom. The summed E-state index contributed by atoms with van der Waals surface area (Å²) in [5.74, 6) is 0.637. The SMILES string of the molecule is c1ccc(-c2cc(-c3c4ccccc4c(-c4ccc5ccc6ccc7nc(-c8ccccc8)oc7c6c5c4)c4ccccc34)c3ccccc3c2)cc1. The Labute approximate surface area is 306 Å². The number of hydrogen-bond acceptors (Lipinski definition) is 2. The lowest BCUT2D eigenvalue weighted by Gasteiger charge is -2.20. The molecule has 2 heteroatoms. The third-order valence-corrected chi connectivity index (χ3v) is 10.8. The van der Waals surface area contributed by atoms with E-state index in [1.807, 2.05) is 30.3 Å². The van der Waals surface area contributed by atoms with Gasteiger partial charge in [0.1, 0.15) is 5.52 Å². The summed E-state index contributed by atoms with van der Waals surface area (Å²) in [5, 5.41) is 12.0. The summed E-state index contributed by atoms with van der Waals surface area (Å²) < 4.78 is 6.59. The van der Waals surface area contributed by atoms with E-state index in [4.69, 9.17) is 9.40 Å². The quantitative estimate of drug-likeness (QED) is 0.137. The highest BCUT2D eigenvalue weighted by Crippen LogP contribution is 2.47. The van der Waals surface area contributed by atoms with E-state index in [0.717, 1.165) is 32.8 Å². The topological polar surface area (TPSA) is 26.0 Å². The second kappa shape index (κ2) is 11.8. The van der Waals surface area contributed by atoms with Gasteiger partial charge in [0.15, 0.2) is 5.58 Å². The summed E-state index contributed by atoms with van der Waals surface area (Å²) >= 11 is 0. The lowest BCUT2D eigenvalue weighted by molar-refractivity contribution is 0.623. The first-order valence-corrected chi connectivity index (χ1v) is 18.1. The van der Waals surface area contributed by atoms with E-state index < -0.39 is 0 Å². The number of benzene rings is 10. The fraction of sp³-hybridized carbons (Fsp3) is 0. The number of hydrogen-bond donors (Lipinski definition) is 0. The Morgan fingerprint density at radius 3 is 1.62 bits per heavy atom. The van der Waals surface area contributed by atoms with Gasteiger partial charge in [-0.15, -0.1) is 0 Å². The molecule has 11 rings (SSSR count). The van der Waals surface area contributed by atoms with Gasteiger partial charge in [-0.3, -0.25) is 0 Å². The summed E-state index contributed by atoms with van der Waals surface area (Å²) in [5.41, 5.74) is 9.99. The largest absolute Gasteiger partial charge is 0.435 e. The number of nitrogens with zero attached hydrogens (tertiary/aromatic N) is 1. The van der Waals surface area contributed by atoms with E-state index in [9.17, 15) is 0 Å². The van der Waals surface area contributed by atoms with Gasteiger partial charge in [-0.1, -0.05) is 152 Å². The Hall–Kier alpha value is -7.03. The van der Waals surface area contributed by atoms with Gasteiger partial charge in [-0.05, 0) is 118 Å². The molecule has 0 fully saturated rings. The predicted molar refractivity (Wildman–Crippen MR) is 223 cm³/mol. The molecule has 1 aromatic heterocycles. The Kier molecular flexibility index (Phi) is 6.59. The van der Waals surface area contributed by atoms with Crippen molar-refractivity contribution >= 4 is 65.0 Å². The second-order valence-electron chi connectivity index (χ2n) is 13.9. The van der Waals surface area contributed by atoms with E-state index in [1.165, 1.54) is 71.1 Å². The van der Waals surface area contributed by atoms with Crippen molar-refractivity contribution < 1.29 is 4.42 Å². The maximum absolute atomic E-state index is 6.59. The van der Waals surface area contributed by atoms with Gasteiger partial charge < -0.3 is 4.42 Å². The minimum atomic E-state index is 0.637. The fourth-order valence-electron chi connectivity index (χ4n) is 8.43. The van der Waals surface area contributed by atoms with Gasteiger partial charge in [0.2, 0.25) is 5.89 Å². The molecule has 1 heterocycles. The van der Waals surface area contributed by atoms with Crippen LogP contribution in [0.2, 0.25) is 0 Å². The molecule has 0 N–H and O–H groups in total. The van der Waals surface area contributed by atoms with Crippen molar-refractivity contribution in [2.24, 2.45) is 0 Å². The zero-order valence-corrected chi connectivity index (χ0v) is 28.8. The van der Waals surface area contributed by atoms with E-state index in [2.05, 4.69) is 158 Å². The smallest absolute Gasteiger partial charge is 0.227 e. The van der Waals surface area contributed by atoms with Crippen molar-refractivity contribution in [1.82, 2.24) is 4.98 Å². The molecule has 246 valence electrons. The molecule has 0 aliphatic heterocycles. The number of oxazole rings is 1. The molecule has 0 bridgehead atoms. The first-order chi connectivity index (χ1) is 26.3. The van der Waals surface area contributed by atoms with Crippen molar-refractivity contribution in [2.45, 2.75) is 0 Å². The van der Waals surface area contributed by atoms with Gasteiger partial charge in [-0.2, -0.15) is 0 Å². The van der Waals surface area contributed by atoms with Gasteiger partial charge in [0.25, 0.3) is 0 Å². The Balaban J connectivity index is 1.21. The number of aromatic nitrogens is 1. The third-order valence-electron chi connectivity index (χ3n) is 10.8. The minimum Gasteiger partial charge on any atom is -0.435 e. The molecular weight excluding hydrogens is 643 g/mol. The van der Waals surface area contributed by atoms with Crippen molar-refractivity contribution in [3.8, 4) is 44.8 Å². The molecule has 0 saturated heterocycles. The van der Waals surface area contributed by atoms with Crippen LogP contribution in [0.1, 0.15) is 0 Å². The summed E-state index contributed by atoms with van der Waals surface area (Å²) in [4.78, 5) is 4.92. The van der Waals surface area contributed by atoms with Crippen LogP contribution in [0.3, 0.4) is 0 Å². The fourth-order valence-corrected chi connectivity index (χ4v) is 8.43. The van der Waals surface area contributed by atoms with Crippen LogP contribution in [-0.2, 0) is 0 Å². The van der Waals surface area contributed by atoms with E-state index in [-0.39, 0.29) is 0 Å². The molecule has 0 aliphatic rings. The van der Waals surface area contributed by atoms with Crippen molar-refractivity contribution in [1.29, 1.82) is 0 Å². The van der Waals surface area contributed by atoms with Gasteiger partial charge in [0.05, 0.1) is 0 Å². The maximum atomic E-state index is 6.59. The van der Waals surface area contributed by atoms with Crippen molar-refractivity contribution in [3.63, 3.8) is 0 Å². The molecule has 2 nitrogen and oxygen atoms in total. The van der Waals surface area contributed by atoms with Crippen LogP contribution >= 0.6 is 0 Å². The molecule has 0 amide bonds. The molecule has 0 radical (unpaired) electrons. The lowest BCUT2D eigenvalue weighted by Crippen LogP contribution is -1.92. The third kappa shape index (κ3) is 4.70. The van der Waals surface area contributed by atoms with E-state index >= 15 is 0 Å². The molecule has 53 heavy (non-hydrogen) atoms. The average molecular weight is 674 g/mol. The zero-order valence-electron chi connectivity index (χ0n) is 28.8. The molecule has 10 aromatic carbocycles. The summed E-state index contributed by atoms with van der Waals surface area (Å²) in [6, 6.07) is 67.7. The minimum absolute atomic E-state index is 0.637. The number of fused-ring (bicyclic) bond motifs is 8. The molecule has 0 unspecified atom stereocenters. The Bertz CT molecular complexity index is 3160. The molecule has 0 spiro atoms. The van der Waals surface area contributed by atoms with Crippen molar-refractivity contribution in [3.05, 3.63) is 188 Å². The van der Waals surface area contributed by atoms with Crippen LogP contribution in [0.25, 0.3) is 110 Å². The Morgan fingerprint density at radius 2 is 0.906 bits per heavy atom. The first-order valence-electron chi connectivity index (χ1n) is 18.1. The molecule has 0 aliphatic carbocycles.